The first-order chi connectivity index (χ1) is 8.99. The van der Waals surface area contributed by atoms with E-state index in [0.717, 1.165) is 0 Å². The molecule has 0 heterocycles. The van der Waals surface area contributed by atoms with Gasteiger partial charge in [0, 0.05) is 0 Å². The molecule has 106 valence electrons. The van der Waals surface area contributed by atoms with Crippen molar-refractivity contribution in [1.82, 2.24) is 0 Å². The Hall–Kier alpha value is -1.62. The van der Waals surface area contributed by atoms with E-state index in [1.807, 2.05) is 0 Å². The number of aliphatic hydroxyl groups is 1. The van der Waals surface area contributed by atoms with Crippen LogP contribution in [0.1, 0.15) is 38.9 Å². The maximum Gasteiger partial charge on any atom is 0.347 e. The lowest BCUT2D eigenvalue weighted by molar-refractivity contribution is -0.151. The van der Waals surface area contributed by atoms with Gasteiger partial charge in [0.25, 0.3) is 0 Å². The molecule has 0 saturated carbocycles. The van der Waals surface area contributed by atoms with Gasteiger partial charge < -0.3 is 14.6 Å². The standard InChI is InChI=1S/C14H19FO4/c1-4-12(14(17)18-5-2)19-13-7-6-10(9(3)16)8-11(13)15/h6-9,12,16H,4-5H2,1-3H3/t9-,12?/m1/s1. The summed E-state index contributed by atoms with van der Waals surface area (Å²) >= 11 is 0. The van der Waals surface area contributed by atoms with Gasteiger partial charge in [0.2, 0.25) is 0 Å². The van der Waals surface area contributed by atoms with Crippen LogP contribution >= 0.6 is 0 Å². The van der Waals surface area contributed by atoms with E-state index in [1.165, 1.54) is 12.1 Å². The fraction of sp³-hybridized carbons (Fsp3) is 0.500. The van der Waals surface area contributed by atoms with Crippen molar-refractivity contribution in [2.45, 2.75) is 39.4 Å². The van der Waals surface area contributed by atoms with E-state index in [1.54, 1.807) is 26.8 Å². The lowest BCUT2D eigenvalue weighted by Crippen LogP contribution is -2.29. The number of hydrogen-bond donors (Lipinski definition) is 1. The van der Waals surface area contributed by atoms with Crippen LogP contribution in [-0.4, -0.2) is 23.8 Å². The average Bonchev–Trinajstić information content (AvgIpc) is 2.37. The summed E-state index contributed by atoms with van der Waals surface area (Å²) < 4.78 is 23.9. The zero-order valence-electron chi connectivity index (χ0n) is 11.4. The van der Waals surface area contributed by atoms with E-state index in [0.29, 0.717) is 12.0 Å². The van der Waals surface area contributed by atoms with Crippen LogP contribution in [0.5, 0.6) is 5.75 Å². The summed E-state index contributed by atoms with van der Waals surface area (Å²) in [5, 5.41) is 9.34. The Labute approximate surface area is 112 Å². The van der Waals surface area contributed by atoms with Crippen molar-refractivity contribution in [3.8, 4) is 5.75 Å². The number of rotatable bonds is 6. The third-order valence-electron chi connectivity index (χ3n) is 2.63. The zero-order chi connectivity index (χ0) is 14.4. The number of ether oxygens (including phenoxy) is 2. The van der Waals surface area contributed by atoms with Crippen LogP contribution in [0.4, 0.5) is 4.39 Å². The van der Waals surface area contributed by atoms with Crippen molar-refractivity contribution >= 4 is 5.97 Å². The fourth-order valence-corrected chi connectivity index (χ4v) is 1.56. The van der Waals surface area contributed by atoms with Gasteiger partial charge in [-0.05, 0) is 38.0 Å². The number of carbonyl (C=O) groups is 1. The molecule has 0 fully saturated rings. The first-order valence-corrected chi connectivity index (χ1v) is 6.30. The molecule has 1 unspecified atom stereocenters. The highest BCUT2D eigenvalue weighted by Gasteiger charge is 2.21. The molecule has 0 radical (unpaired) electrons. The molecule has 5 heteroatoms. The molecule has 0 aliphatic rings. The summed E-state index contributed by atoms with van der Waals surface area (Å²) in [5.41, 5.74) is 0.453. The molecule has 2 atom stereocenters. The Kier molecular flexibility index (Phi) is 5.76. The van der Waals surface area contributed by atoms with Crippen LogP contribution < -0.4 is 4.74 Å². The van der Waals surface area contributed by atoms with Gasteiger partial charge >= 0.3 is 5.97 Å². The van der Waals surface area contributed by atoms with Gasteiger partial charge in [0.1, 0.15) is 0 Å². The van der Waals surface area contributed by atoms with Crippen LogP contribution in [0.15, 0.2) is 18.2 Å². The molecule has 1 aromatic rings. The minimum absolute atomic E-state index is 0.0238. The topological polar surface area (TPSA) is 55.8 Å². The van der Waals surface area contributed by atoms with Gasteiger partial charge in [-0.25, -0.2) is 9.18 Å². The van der Waals surface area contributed by atoms with Gasteiger partial charge in [-0.2, -0.15) is 0 Å². The fourth-order valence-electron chi connectivity index (χ4n) is 1.56. The zero-order valence-corrected chi connectivity index (χ0v) is 11.4. The van der Waals surface area contributed by atoms with Crippen LogP contribution in [0.25, 0.3) is 0 Å². The number of benzene rings is 1. The number of hydrogen-bond acceptors (Lipinski definition) is 4. The van der Waals surface area contributed by atoms with Gasteiger partial charge in [0.05, 0.1) is 12.7 Å². The summed E-state index contributed by atoms with van der Waals surface area (Å²) in [5.74, 6) is -1.14. The Bertz CT molecular complexity index is 431. The Morgan fingerprint density at radius 3 is 2.58 bits per heavy atom. The second kappa shape index (κ2) is 7.09. The molecular weight excluding hydrogens is 251 g/mol. The molecule has 0 spiro atoms. The third-order valence-corrected chi connectivity index (χ3v) is 2.63. The molecule has 0 amide bonds. The summed E-state index contributed by atoms with van der Waals surface area (Å²) in [7, 11) is 0. The molecule has 0 aromatic heterocycles. The Morgan fingerprint density at radius 1 is 1.42 bits per heavy atom. The second-order valence-electron chi connectivity index (χ2n) is 4.13. The first-order valence-electron chi connectivity index (χ1n) is 6.30. The van der Waals surface area contributed by atoms with E-state index >= 15 is 0 Å². The number of halogens is 1. The predicted molar refractivity (Wildman–Crippen MR) is 68.4 cm³/mol. The molecule has 1 rings (SSSR count). The van der Waals surface area contributed by atoms with Gasteiger partial charge in [-0.3, -0.25) is 0 Å². The molecule has 0 aliphatic heterocycles. The highest BCUT2D eigenvalue weighted by Crippen LogP contribution is 2.23. The summed E-state index contributed by atoms with van der Waals surface area (Å²) in [6.07, 6.45) is -1.20. The number of aliphatic hydroxyl groups excluding tert-OH is 1. The highest BCUT2D eigenvalue weighted by atomic mass is 19.1. The number of esters is 1. The van der Waals surface area contributed by atoms with Crippen LogP contribution in [-0.2, 0) is 9.53 Å². The van der Waals surface area contributed by atoms with Crippen molar-refractivity contribution in [3.05, 3.63) is 29.6 Å². The Balaban J connectivity index is 2.83. The van der Waals surface area contributed by atoms with Crippen molar-refractivity contribution < 1.29 is 23.8 Å². The predicted octanol–water partition coefficient (Wildman–Crippen LogP) is 2.60. The van der Waals surface area contributed by atoms with E-state index in [9.17, 15) is 14.3 Å². The minimum Gasteiger partial charge on any atom is -0.476 e. The van der Waals surface area contributed by atoms with Crippen molar-refractivity contribution in [3.63, 3.8) is 0 Å². The van der Waals surface area contributed by atoms with Crippen molar-refractivity contribution in [1.29, 1.82) is 0 Å². The van der Waals surface area contributed by atoms with Crippen molar-refractivity contribution in [2.75, 3.05) is 6.61 Å². The lowest BCUT2D eigenvalue weighted by atomic mass is 10.1. The lowest BCUT2D eigenvalue weighted by Gasteiger charge is -2.17. The number of carbonyl (C=O) groups excluding carboxylic acids is 1. The molecular formula is C14H19FO4. The molecule has 1 N–H and O–H groups in total. The molecule has 0 aliphatic carbocycles. The van der Waals surface area contributed by atoms with Crippen LogP contribution in [0, 0.1) is 5.82 Å². The first kappa shape index (κ1) is 15.4. The molecule has 19 heavy (non-hydrogen) atoms. The summed E-state index contributed by atoms with van der Waals surface area (Å²) in [4.78, 5) is 11.6. The summed E-state index contributed by atoms with van der Waals surface area (Å²) in [6, 6.07) is 4.15. The minimum atomic E-state index is -0.827. The normalized spacial score (nSPS) is 13.7. The maximum atomic E-state index is 13.8. The molecule has 0 bridgehead atoms. The van der Waals surface area contributed by atoms with Crippen LogP contribution in [0.3, 0.4) is 0 Å². The SMILES string of the molecule is CCOC(=O)C(CC)Oc1ccc([C@@H](C)O)cc1F. The van der Waals surface area contributed by atoms with E-state index in [2.05, 4.69) is 0 Å². The van der Waals surface area contributed by atoms with Gasteiger partial charge in [0.15, 0.2) is 17.7 Å². The summed E-state index contributed by atoms with van der Waals surface area (Å²) in [6.45, 7) is 5.25. The maximum absolute atomic E-state index is 13.8. The molecule has 0 saturated heterocycles. The van der Waals surface area contributed by atoms with Gasteiger partial charge in [-0.15, -0.1) is 0 Å². The molecule has 1 aromatic carbocycles. The van der Waals surface area contributed by atoms with E-state index in [4.69, 9.17) is 9.47 Å². The van der Waals surface area contributed by atoms with Gasteiger partial charge in [-0.1, -0.05) is 13.0 Å². The van der Waals surface area contributed by atoms with E-state index in [-0.39, 0.29) is 12.4 Å². The van der Waals surface area contributed by atoms with Crippen molar-refractivity contribution in [2.24, 2.45) is 0 Å². The average molecular weight is 270 g/mol. The molecule has 4 nitrogen and oxygen atoms in total. The third kappa shape index (κ3) is 4.21. The highest BCUT2D eigenvalue weighted by molar-refractivity contribution is 5.75. The Morgan fingerprint density at radius 2 is 2.11 bits per heavy atom. The second-order valence-corrected chi connectivity index (χ2v) is 4.13. The smallest absolute Gasteiger partial charge is 0.347 e. The van der Waals surface area contributed by atoms with Crippen LogP contribution in [0.2, 0.25) is 0 Å². The quantitative estimate of drug-likeness (QED) is 0.807. The monoisotopic (exact) mass is 270 g/mol. The van der Waals surface area contributed by atoms with E-state index < -0.39 is 24.0 Å². The largest absolute Gasteiger partial charge is 0.476 e.